The molecule has 21 heavy (non-hydrogen) atoms. The van der Waals surface area contributed by atoms with E-state index in [2.05, 4.69) is 23.3 Å². The zero-order chi connectivity index (χ0) is 16.2. The van der Waals surface area contributed by atoms with Crippen LogP contribution >= 0.6 is 12.6 Å². The molecule has 0 radical (unpaired) electrons. The topological polar surface area (TPSA) is 148 Å². The van der Waals surface area contributed by atoms with Crippen LogP contribution in [-0.2, 0) is 14.3 Å². The molecule has 2 amide bonds. The van der Waals surface area contributed by atoms with E-state index in [9.17, 15) is 24.9 Å². The van der Waals surface area contributed by atoms with Crippen molar-refractivity contribution < 1.29 is 34.8 Å². The molecule has 6 N–H and O–H groups in total. The monoisotopic (exact) mass is 324 g/mol. The van der Waals surface area contributed by atoms with Gasteiger partial charge in [0, 0.05) is 12.7 Å². The molecule has 0 bridgehead atoms. The van der Waals surface area contributed by atoms with Crippen molar-refractivity contribution in [2.75, 3.05) is 12.4 Å². The number of ether oxygens (including phenoxy) is 1. The van der Waals surface area contributed by atoms with Crippen molar-refractivity contribution in [1.29, 1.82) is 0 Å². The Kier molecular flexibility index (Phi) is 6.84. The van der Waals surface area contributed by atoms with Gasteiger partial charge in [0.1, 0.15) is 30.4 Å². The molecule has 0 aliphatic carbocycles. The molecule has 6 atom stereocenters. The highest BCUT2D eigenvalue weighted by atomic mass is 32.1. The molecule has 0 aromatic carbocycles. The van der Waals surface area contributed by atoms with E-state index < -0.39 is 55.1 Å². The summed E-state index contributed by atoms with van der Waals surface area (Å²) in [5, 5.41) is 42.9. The fourth-order valence-electron chi connectivity index (χ4n) is 1.96. The summed E-state index contributed by atoms with van der Waals surface area (Å²) in [5.41, 5.74) is 0. The van der Waals surface area contributed by atoms with E-state index in [1.54, 1.807) is 0 Å². The van der Waals surface area contributed by atoms with Crippen LogP contribution in [0.1, 0.15) is 6.92 Å². The lowest BCUT2D eigenvalue weighted by Gasteiger charge is -2.40. The van der Waals surface area contributed by atoms with Gasteiger partial charge in [0.2, 0.25) is 11.8 Å². The maximum Gasteiger partial charge on any atom is 0.243 e. The van der Waals surface area contributed by atoms with Gasteiger partial charge in [0.25, 0.3) is 0 Å². The average molecular weight is 324 g/mol. The standard InChI is InChI=1S/C11H20N2O7S/c1-4(15)12-5(3-21)10(18)13-7-9(17)8(16)6(2-14)20-11(7)19/h5-9,11,14,16-17,19,21H,2-3H2,1H3,(H,12,15)(H,13,18)/t5-,6+,7+,8+,9+,11?/m0/s1. The molecule has 0 saturated carbocycles. The number of amides is 2. The Morgan fingerprint density at radius 2 is 1.90 bits per heavy atom. The molecule has 122 valence electrons. The molecule has 0 aromatic rings. The van der Waals surface area contributed by atoms with Crippen molar-refractivity contribution in [1.82, 2.24) is 10.6 Å². The van der Waals surface area contributed by atoms with Crippen LogP contribution in [0.3, 0.4) is 0 Å². The minimum absolute atomic E-state index is 0.00694. The van der Waals surface area contributed by atoms with Crippen molar-refractivity contribution in [3.05, 3.63) is 0 Å². The van der Waals surface area contributed by atoms with Gasteiger partial charge in [-0.25, -0.2) is 0 Å². The molecule has 1 saturated heterocycles. The number of carbonyl (C=O) groups excluding carboxylic acids is 2. The van der Waals surface area contributed by atoms with Gasteiger partial charge in [-0.1, -0.05) is 0 Å². The maximum atomic E-state index is 11.9. The second kappa shape index (κ2) is 7.92. The first-order valence-electron chi connectivity index (χ1n) is 6.30. The summed E-state index contributed by atoms with van der Waals surface area (Å²) in [4.78, 5) is 22.9. The summed E-state index contributed by atoms with van der Waals surface area (Å²) in [5.74, 6) is -1.13. The summed E-state index contributed by atoms with van der Waals surface area (Å²) in [6, 6.07) is -2.26. The van der Waals surface area contributed by atoms with Crippen LogP contribution in [0.25, 0.3) is 0 Å². The summed E-state index contributed by atoms with van der Waals surface area (Å²) >= 11 is 3.93. The fraction of sp³-hybridized carbons (Fsp3) is 0.818. The summed E-state index contributed by atoms with van der Waals surface area (Å²) in [6.07, 6.45) is -5.77. The zero-order valence-electron chi connectivity index (χ0n) is 11.3. The van der Waals surface area contributed by atoms with Crippen LogP contribution < -0.4 is 10.6 Å². The molecular weight excluding hydrogens is 304 g/mol. The van der Waals surface area contributed by atoms with E-state index in [0.717, 1.165) is 0 Å². The molecule has 1 fully saturated rings. The van der Waals surface area contributed by atoms with Crippen LogP contribution in [0.2, 0.25) is 0 Å². The lowest BCUT2D eigenvalue weighted by molar-refractivity contribution is -0.253. The highest BCUT2D eigenvalue weighted by Gasteiger charge is 2.44. The number of carbonyl (C=O) groups is 2. The zero-order valence-corrected chi connectivity index (χ0v) is 12.2. The van der Waals surface area contributed by atoms with E-state index in [4.69, 9.17) is 9.84 Å². The van der Waals surface area contributed by atoms with Gasteiger partial charge in [0.15, 0.2) is 6.29 Å². The number of hydrogen-bond acceptors (Lipinski definition) is 8. The number of aliphatic hydroxyl groups excluding tert-OH is 4. The number of thiol groups is 1. The van der Waals surface area contributed by atoms with Crippen LogP contribution in [0, 0.1) is 0 Å². The number of nitrogens with one attached hydrogen (secondary N) is 2. The smallest absolute Gasteiger partial charge is 0.243 e. The van der Waals surface area contributed by atoms with Gasteiger partial charge in [-0.15, -0.1) is 0 Å². The van der Waals surface area contributed by atoms with Crippen LogP contribution in [0.15, 0.2) is 0 Å². The average Bonchev–Trinajstić information content (AvgIpc) is 2.44. The quantitative estimate of drug-likeness (QED) is 0.258. The molecular formula is C11H20N2O7S. The van der Waals surface area contributed by atoms with E-state index in [1.807, 2.05) is 0 Å². The molecule has 1 unspecified atom stereocenters. The largest absolute Gasteiger partial charge is 0.394 e. The van der Waals surface area contributed by atoms with Crippen molar-refractivity contribution >= 4 is 24.4 Å². The summed E-state index contributed by atoms with van der Waals surface area (Å²) in [7, 11) is 0. The minimum Gasteiger partial charge on any atom is -0.394 e. The minimum atomic E-state index is -1.61. The third-order valence-corrected chi connectivity index (χ3v) is 3.45. The Bertz CT molecular complexity index is 384. The number of hydrogen-bond donors (Lipinski definition) is 7. The highest BCUT2D eigenvalue weighted by molar-refractivity contribution is 7.80. The first kappa shape index (κ1) is 18.1. The number of aliphatic hydroxyl groups is 4. The first-order chi connectivity index (χ1) is 9.81. The Labute approximate surface area is 126 Å². The van der Waals surface area contributed by atoms with Gasteiger partial charge in [-0.2, -0.15) is 12.6 Å². The molecule has 9 nitrogen and oxygen atoms in total. The van der Waals surface area contributed by atoms with Crippen molar-refractivity contribution in [3.63, 3.8) is 0 Å². The highest BCUT2D eigenvalue weighted by Crippen LogP contribution is 2.19. The van der Waals surface area contributed by atoms with E-state index in [0.29, 0.717) is 0 Å². The fourth-order valence-corrected chi connectivity index (χ4v) is 2.21. The third kappa shape index (κ3) is 4.53. The Morgan fingerprint density at radius 3 is 2.38 bits per heavy atom. The Morgan fingerprint density at radius 1 is 1.29 bits per heavy atom. The predicted octanol–water partition coefficient (Wildman–Crippen LogP) is -3.66. The lowest BCUT2D eigenvalue weighted by atomic mass is 9.97. The van der Waals surface area contributed by atoms with Crippen LogP contribution in [0.5, 0.6) is 0 Å². The van der Waals surface area contributed by atoms with E-state index in [-0.39, 0.29) is 5.75 Å². The van der Waals surface area contributed by atoms with E-state index >= 15 is 0 Å². The molecule has 1 rings (SSSR count). The molecule has 10 heteroatoms. The van der Waals surface area contributed by atoms with Gasteiger partial charge in [0.05, 0.1) is 6.61 Å². The molecule has 1 heterocycles. The lowest BCUT2D eigenvalue weighted by Crippen LogP contribution is -2.65. The normalized spacial score (nSPS) is 34.1. The maximum absolute atomic E-state index is 11.9. The van der Waals surface area contributed by atoms with Gasteiger partial charge in [-0.05, 0) is 0 Å². The third-order valence-electron chi connectivity index (χ3n) is 3.09. The van der Waals surface area contributed by atoms with Crippen LogP contribution in [-0.4, -0.2) is 81.3 Å². The first-order valence-corrected chi connectivity index (χ1v) is 6.94. The van der Waals surface area contributed by atoms with Gasteiger partial charge < -0.3 is 35.8 Å². The van der Waals surface area contributed by atoms with Crippen molar-refractivity contribution in [2.24, 2.45) is 0 Å². The SMILES string of the molecule is CC(=O)N[C@@H](CS)C(=O)N[C@H]1C(O)O[C@H](CO)[C@@H](O)[C@@H]1O. The Balaban J connectivity index is 2.72. The van der Waals surface area contributed by atoms with Crippen LogP contribution in [0.4, 0.5) is 0 Å². The molecule has 0 spiro atoms. The predicted molar refractivity (Wildman–Crippen MR) is 73.4 cm³/mol. The second-order valence-electron chi connectivity index (χ2n) is 4.70. The Hall–Kier alpha value is -0.910. The van der Waals surface area contributed by atoms with Gasteiger partial charge in [-0.3, -0.25) is 9.59 Å². The van der Waals surface area contributed by atoms with Crippen molar-refractivity contribution in [2.45, 2.75) is 43.6 Å². The summed E-state index contributed by atoms with van der Waals surface area (Å²) < 4.78 is 4.90. The van der Waals surface area contributed by atoms with Crippen molar-refractivity contribution in [3.8, 4) is 0 Å². The van der Waals surface area contributed by atoms with Gasteiger partial charge >= 0.3 is 0 Å². The molecule has 0 aromatic heterocycles. The van der Waals surface area contributed by atoms with E-state index in [1.165, 1.54) is 6.92 Å². The second-order valence-corrected chi connectivity index (χ2v) is 5.06. The number of rotatable bonds is 5. The summed E-state index contributed by atoms with van der Waals surface area (Å²) in [6.45, 7) is 0.633. The molecule has 1 aliphatic rings. The molecule has 1 aliphatic heterocycles.